The normalized spacial score (nSPS) is 17.3. The van der Waals surface area contributed by atoms with Gasteiger partial charge in [0.25, 0.3) is 5.91 Å². The molecule has 1 aromatic rings. The van der Waals surface area contributed by atoms with E-state index in [-0.39, 0.29) is 10.8 Å². The zero-order valence-electron chi connectivity index (χ0n) is 10.6. The van der Waals surface area contributed by atoms with E-state index in [2.05, 4.69) is 5.32 Å². The van der Waals surface area contributed by atoms with Crippen LogP contribution in [0.4, 0.5) is 0 Å². The molecule has 0 radical (unpaired) electrons. The Bertz CT molecular complexity index is 547. The predicted molar refractivity (Wildman–Crippen MR) is 71.9 cm³/mol. The van der Waals surface area contributed by atoms with Crippen molar-refractivity contribution in [3.8, 4) is 0 Å². The Hall–Kier alpha value is -0.960. The highest BCUT2D eigenvalue weighted by atomic mass is 32.2. The molecule has 106 valence electrons. The van der Waals surface area contributed by atoms with Gasteiger partial charge in [0.1, 0.15) is 0 Å². The quantitative estimate of drug-likeness (QED) is 0.880. The number of nitrogens with one attached hydrogen (secondary N) is 1. The topological polar surface area (TPSA) is 75.7 Å². The summed E-state index contributed by atoms with van der Waals surface area (Å²) in [6, 6.07) is 1.43. The number of hydrogen-bond donors (Lipinski definition) is 1. The fraction of sp³-hybridized carbons (Fsp3) is 0.545. The van der Waals surface area contributed by atoms with E-state index in [1.54, 1.807) is 0 Å². The molecule has 1 fully saturated rings. The van der Waals surface area contributed by atoms with Crippen molar-refractivity contribution in [2.24, 2.45) is 0 Å². The molecule has 0 spiro atoms. The Kier molecular flexibility index (Phi) is 4.56. The number of ether oxygens (including phenoxy) is 1. The number of carbonyl (C=O) groups excluding carboxylic acids is 1. The lowest BCUT2D eigenvalue weighted by atomic mass is 10.4. The number of morpholine rings is 1. The summed E-state index contributed by atoms with van der Waals surface area (Å²) >= 11 is 1.14. The molecule has 1 N–H and O–H groups in total. The monoisotopic (exact) mass is 304 g/mol. The fourth-order valence-electron chi connectivity index (χ4n) is 1.76. The summed E-state index contributed by atoms with van der Waals surface area (Å²) in [7, 11) is -3.51. The van der Waals surface area contributed by atoms with Crippen molar-refractivity contribution < 1.29 is 17.9 Å². The third kappa shape index (κ3) is 3.14. The van der Waals surface area contributed by atoms with Gasteiger partial charge >= 0.3 is 0 Å². The lowest BCUT2D eigenvalue weighted by molar-refractivity contribution is 0.0730. The molecule has 0 saturated carbocycles. The van der Waals surface area contributed by atoms with E-state index in [9.17, 15) is 13.2 Å². The zero-order valence-corrected chi connectivity index (χ0v) is 12.2. The van der Waals surface area contributed by atoms with Crippen LogP contribution in [0.5, 0.6) is 0 Å². The highest BCUT2D eigenvalue weighted by molar-refractivity contribution is 7.89. The number of thiophene rings is 1. The van der Waals surface area contributed by atoms with Crippen molar-refractivity contribution in [2.75, 3.05) is 32.8 Å². The van der Waals surface area contributed by atoms with E-state index in [4.69, 9.17) is 4.74 Å². The van der Waals surface area contributed by atoms with Gasteiger partial charge in [-0.05, 0) is 13.0 Å². The Balaban J connectivity index is 2.19. The minimum atomic E-state index is -3.51. The maximum Gasteiger partial charge on any atom is 0.261 e. The molecule has 1 aromatic heterocycles. The molecule has 0 aromatic carbocycles. The highest BCUT2D eigenvalue weighted by Crippen LogP contribution is 2.23. The van der Waals surface area contributed by atoms with Gasteiger partial charge in [-0.15, -0.1) is 11.3 Å². The number of hydrogen-bond acceptors (Lipinski definition) is 5. The molecular weight excluding hydrogens is 288 g/mol. The van der Waals surface area contributed by atoms with Crippen LogP contribution in [-0.4, -0.2) is 51.5 Å². The molecule has 0 aliphatic carbocycles. The first kappa shape index (κ1) is 14.4. The van der Waals surface area contributed by atoms with Crippen LogP contribution in [0, 0.1) is 0 Å². The third-order valence-electron chi connectivity index (χ3n) is 2.74. The van der Waals surface area contributed by atoms with Gasteiger partial charge in [-0.25, -0.2) is 8.42 Å². The molecule has 1 aliphatic rings. The molecule has 1 saturated heterocycles. The summed E-state index contributed by atoms with van der Waals surface area (Å²) < 4.78 is 31.2. The standard InChI is InChI=1S/C11H16N2O4S2/c1-2-12-11(14)10-7-9(8-18-10)19(15,16)13-3-5-17-6-4-13/h7-8H,2-6H2,1H3,(H,12,14). The maximum absolute atomic E-state index is 12.3. The van der Waals surface area contributed by atoms with Gasteiger partial charge in [0, 0.05) is 25.0 Å². The van der Waals surface area contributed by atoms with Crippen LogP contribution in [-0.2, 0) is 14.8 Å². The first-order valence-electron chi connectivity index (χ1n) is 6.00. The largest absolute Gasteiger partial charge is 0.379 e. The summed E-state index contributed by atoms with van der Waals surface area (Å²) in [5, 5.41) is 4.16. The first-order chi connectivity index (χ1) is 9.05. The second-order valence-electron chi connectivity index (χ2n) is 4.02. The maximum atomic E-state index is 12.3. The van der Waals surface area contributed by atoms with Crippen LogP contribution in [0.1, 0.15) is 16.6 Å². The minimum absolute atomic E-state index is 0.181. The van der Waals surface area contributed by atoms with Crippen molar-refractivity contribution in [1.29, 1.82) is 0 Å². The number of rotatable bonds is 4. The molecule has 0 unspecified atom stereocenters. The van der Waals surface area contributed by atoms with E-state index < -0.39 is 10.0 Å². The van der Waals surface area contributed by atoms with Crippen LogP contribution in [0.25, 0.3) is 0 Å². The summed E-state index contributed by atoms with van der Waals surface area (Å²) in [4.78, 5) is 12.2. The van der Waals surface area contributed by atoms with E-state index in [1.807, 2.05) is 6.92 Å². The first-order valence-corrected chi connectivity index (χ1v) is 8.32. The van der Waals surface area contributed by atoms with Gasteiger partial charge in [0.15, 0.2) is 0 Å². The highest BCUT2D eigenvalue weighted by Gasteiger charge is 2.27. The van der Waals surface area contributed by atoms with Gasteiger partial charge in [-0.3, -0.25) is 4.79 Å². The summed E-state index contributed by atoms with van der Waals surface area (Å²) in [5.74, 6) is -0.240. The van der Waals surface area contributed by atoms with Crippen molar-refractivity contribution in [3.05, 3.63) is 16.3 Å². The van der Waals surface area contributed by atoms with Crippen LogP contribution in [0.15, 0.2) is 16.3 Å². The Morgan fingerprint density at radius 3 is 2.79 bits per heavy atom. The third-order valence-corrected chi connectivity index (χ3v) is 5.70. The second-order valence-corrected chi connectivity index (χ2v) is 6.87. The average molecular weight is 304 g/mol. The number of sulfonamides is 1. The molecular formula is C11H16N2O4S2. The average Bonchev–Trinajstić information content (AvgIpc) is 2.90. The molecule has 1 amide bonds. The van der Waals surface area contributed by atoms with Crippen molar-refractivity contribution >= 4 is 27.3 Å². The van der Waals surface area contributed by atoms with Gasteiger partial charge in [0.05, 0.1) is 23.0 Å². The molecule has 8 heteroatoms. The smallest absolute Gasteiger partial charge is 0.261 e. The van der Waals surface area contributed by atoms with E-state index in [0.29, 0.717) is 37.7 Å². The number of amides is 1. The van der Waals surface area contributed by atoms with E-state index >= 15 is 0 Å². The molecule has 0 bridgehead atoms. The van der Waals surface area contributed by atoms with Gasteiger partial charge in [0.2, 0.25) is 10.0 Å². The second kappa shape index (κ2) is 6.00. The van der Waals surface area contributed by atoms with E-state index in [0.717, 1.165) is 11.3 Å². The SMILES string of the molecule is CCNC(=O)c1cc(S(=O)(=O)N2CCOCC2)cs1. The molecule has 2 heterocycles. The Labute approximate surface area is 116 Å². The Morgan fingerprint density at radius 2 is 2.16 bits per heavy atom. The zero-order chi connectivity index (χ0) is 13.9. The van der Waals surface area contributed by atoms with Gasteiger partial charge in [-0.2, -0.15) is 4.31 Å². The lowest BCUT2D eigenvalue weighted by Crippen LogP contribution is -2.40. The van der Waals surface area contributed by atoms with Gasteiger partial charge < -0.3 is 10.1 Å². The number of carbonyl (C=O) groups is 1. The van der Waals surface area contributed by atoms with Crippen LogP contribution in [0.3, 0.4) is 0 Å². The fourth-order valence-corrected chi connectivity index (χ4v) is 4.34. The molecule has 6 nitrogen and oxygen atoms in total. The van der Waals surface area contributed by atoms with Crippen LogP contribution >= 0.6 is 11.3 Å². The number of nitrogens with zero attached hydrogens (tertiary/aromatic N) is 1. The van der Waals surface area contributed by atoms with Crippen molar-refractivity contribution in [1.82, 2.24) is 9.62 Å². The lowest BCUT2D eigenvalue weighted by Gasteiger charge is -2.25. The van der Waals surface area contributed by atoms with Crippen LogP contribution < -0.4 is 5.32 Å². The van der Waals surface area contributed by atoms with E-state index in [1.165, 1.54) is 15.8 Å². The predicted octanol–water partition coefficient (Wildman–Crippen LogP) is 0.519. The van der Waals surface area contributed by atoms with Gasteiger partial charge in [-0.1, -0.05) is 0 Å². The van der Waals surface area contributed by atoms with Crippen LogP contribution in [0.2, 0.25) is 0 Å². The summed E-state index contributed by atoms with van der Waals surface area (Å²) in [6.07, 6.45) is 0. The minimum Gasteiger partial charge on any atom is -0.379 e. The summed E-state index contributed by atoms with van der Waals surface area (Å²) in [5.41, 5.74) is 0. The summed E-state index contributed by atoms with van der Waals surface area (Å²) in [6.45, 7) is 3.86. The molecule has 1 aliphatic heterocycles. The Morgan fingerprint density at radius 1 is 1.47 bits per heavy atom. The molecule has 0 atom stereocenters. The van der Waals surface area contributed by atoms with Crippen molar-refractivity contribution in [3.63, 3.8) is 0 Å². The van der Waals surface area contributed by atoms with Crippen molar-refractivity contribution in [2.45, 2.75) is 11.8 Å². The molecule has 19 heavy (non-hydrogen) atoms. The molecule has 2 rings (SSSR count).